The molecule has 0 aliphatic carbocycles. The van der Waals surface area contributed by atoms with Crippen LogP contribution in [0.25, 0.3) is 0 Å². The molecule has 0 saturated carbocycles. The van der Waals surface area contributed by atoms with Gasteiger partial charge in [-0.05, 0) is 55.2 Å². The van der Waals surface area contributed by atoms with E-state index in [1.807, 2.05) is 32.9 Å². The number of rotatable bonds is 12. The fourth-order valence-electron chi connectivity index (χ4n) is 4.17. The van der Waals surface area contributed by atoms with Gasteiger partial charge in [0.2, 0.25) is 11.8 Å². The maximum Gasteiger partial charge on any atom is 0.264 e. The predicted molar refractivity (Wildman–Crippen MR) is 161 cm³/mol. The van der Waals surface area contributed by atoms with Gasteiger partial charge in [-0.2, -0.15) is 0 Å². The lowest BCUT2D eigenvalue weighted by atomic mass is 10.1. The Morgan fingerprint density at radius 2 is 1.48 bits per heavy atom. The van der Waals surface area contributed by atoms with Crippen LogP contribution in [0.2, 0.25) is 10.0 Å². The maximum atomic E-state index is 14.1. The van der Waals surface area contributed by atoms with Crippen LogP contribution in [0.5, 0.6) is 0 Å². The molecule has 40 heavy (non-hydrogen) atoms. The molecule has 214 valence electrons. The molecule has 1 N–H and O–H groups in total. The molecule has 10 heteroatoms. The highest BCUT2D eigenvalue weighted by Gasteiger charge is 2.33. The number of para-hydroxylation sites is 1. The molecule has 0 fully saturated rings. The highest BCUT2D eigenvalue weighted by Crippen LogP contribution is 2.30. The standard InChI is InChI=1S/C30H35Cl2N3O4S/c1-5-23-12-9-10-17-28(23)35(40(38,39)24-13-7-6-8-14-24)20-29(36)34(22(4)30(37)33-18-21(2)3)19-25-26(31)15-11-16-27(25)32/h6-17,21-22H,5,18-20H2,1-4H3,(H,33,37)/t22-/m1/s1. The van der Waals surface area contributed by atoms with Gasteiger partial charge in [0.05, 0.1) is 10.6 Å². The molecule has 2 amide bonds. The van der Waals surface area contributed by atoms with E-state index in [9.17, 15) is 18.0 Å². The van der Waals surface area contributed by atoms with Crippen molar-refractivity contribution in [1.82, 2.24) is 10.2 Å². The first-order valence-corrected chi connectivity index (χ1v) is 15.3. The van der Waals surface area contributed by atoms with E-state index >= 15 is 0 Å². The topological polar surface area (TPSA) is 86.8 Å². The quantitative estimate of drug-likeness (QED) is 0.277. The summed E-state index contributed by atoms with van der Waals surface area (Å²) in [7, 11) is -4.14. The summed E-state index contributed by atoms with van der Waals surface area (Å²) >= 11 is 12.9. The number of nitrogens with zero attached hydrogens (tertiary/aromatic N) is 2. The molecule has 3 aromatic carbocycles. The molecule has 3 rings (SSSR count). The number of sulfonamides is 1. The van der Waals surface area contributed by atoms with Crippen molar-refractivity contribution in [3.63, 3.8) is 0 Å². The lowest BCUT2D eigenvalue weighted by Crippen LogP contribution is -2.51. The average molecular weight is 605 g/mol. The van der Waals surface area contributed by atoms with E-state index < -0.39 is 28.5 Å². The number of hydrogen-bond acceptors (Lipinski definition) is 4. The fourth-order valence-corrected chi connectivity index (χ4v) is 6.16. The molecule has 0 spiro atoms. The summed E-state index contributed by atoms with van der Waals surface area (Å²) in [5.74, 6) is -0.736. The largest absolute Gasteiger partial charge is 0.354 e. The summed E-state index contributed by atoms with van der Waals surface area (Å²) in [5.41, 5.74) is 1.63. The van der Waals surface area contributed by atoms with Gasteiger partial charge in [-0.3, -0.25) is 13.9 Å². The minimum atomic E-state index is -4.14. The van der Waals surface area contributed by atoms with Crippen LogP contribution in [0, 0.1) is 5.92 Å². The van der Waals surface area contributed by atoms with Gasteiger partial charge in [0.1, 0.15) is 12.6 Å². The number of carbonyl (C=O) groups excluding carboxylic acids is 2. The lowest BCUT2D eigenvalue weighted by Gasteiger charge is -2.33. The Morgan fingerprint density at radius 3 is 2.08 bits per heavy atom. The summed E-state index contributed by atoms with van der Waals surface area (Å²) in [5, 5.41) is 3.54. The Balaban J connectivity index is 2.08. The monoisotopic (exact) mass is 603 g/mol. The van der Waals surface area contributed by atoms with Crippen LogP contribution in [-0.2, 0) is 32.6 Å². The zero-order valence-corrected chi connectivity index (χ0v) is 25.4. The van der Waals surface area contributed by atoms with Crippen molar-refractivity contribution in [2.24, 2.45) is 5.92 Å². The average Bonchev–Trinajstić information content (AvgIpc) is 2.94. The van der Waals surface area contributed by atoms with E-state index in [0.717, 1.165) is 9.87 Å². The van der Waals surface area contributed by atoms with Gasteiger partial charge in [0.25, 0.3) is 10.0 Å². The van der Waals surface area contributed by atoms with E-state index in [4.69, 9.17) is 23.2 Å². The maximum absolute atomic E-state index is 14.1. The first-order valence-electron chi connectivity index (χ1n) is 13.1. The summed E-state index contributed by atoms with van der Waals surface area (Å²) in [6, 6.07) is 19.1. The smallest absolute Gasteiger partial charge is 0.264 e. The van der Waals surface area contributed by atoms with E-state index in [1.54, 1.807) is 55.5 Å². The molecular formula is C30H35Cl2N3O4S. The van der Waals surface area contributed by atoms with Crippen molar-refractivity contribution in [2.75, 3.05) is 17.4 Å². The Bertz CT molecular complexity index is 1410. The van der Waals surface area contributed by atoms with Crippen LogP contribution >= 0.6 is 23.2 Å². The zero-order valence-electron chi connectivity index (χ0n) is 23.1. The molecular weight excluding hydrogens is 569 g/mol. The molecule has 1 atom stereocenters. The number of carbonyl (C=O) groups is 2. The molecule has 0 aliphatic rings. The van der Waals surface area contributed by atoms with Gasteiger partial charge in [-0.15, -0.1) is 0 Å². The van der Waals surface area contributed by atoms with Crippen LogP contribution < -0.4 is 9.62 Å². The second kappa shape index (κ2) is 14.0. The van der Waals surface area contributed by atoms with Crippen molar-refractivity contribution < 1.29 is 18.0 Å². The fraction of sp³-hybridized carbons (Fsp3) is 0.333. The molecule has 3 aromatic rings. The minimum absolute atomic E-state index is 0.0529. The molecule has 7 nitrogen and oxygen atoms in total. The molecule has 0 saturated heterocycles. The van der Waals surface area contributed by atoms with Gasteiger partial charge in [0, 0.05) is 28.7 Å². The van der Waals surface area contributed by atoms with Crippen LogP contribution in [0.1, 0.15) is 38.8 Å². The van der Waals surface area contributed by atoms with Crippen LogP contribution in [0.3, 0.4) is 0 Å². The summed E-state index contributed by atoms with van der Waals surface area (Å²) in [6.07, 6.45) is 0.554. The van der Waals surface area contributed by atoms with Crippen LogP contribution in [0.4, 0.5) is 5.69 Å². The Kier molecular flexibility index (Phi) is 11.0. The van der Waals surface area contributed by atoms with Crippen molar-refractivity contribution >= 4 is 50.7 Å². The third-order valence-corrected chi connectivity index (χ3v) is 8.98. The van der Waals surface area contributed by atoms with Crippen molar-refractivity contribution in [2.45, 2.75) is 51.6 Å². The minimum Gasteiger partial charge on any atom is -0.354 e. The first-order chi connectivity index (χ1) is 19.0. The Morgan fingerprint density at radius 1 is 0.875 bits per heavy atom. The Labute approximate surface area is 247 Å². The third-order valence-electron chi connectivity index (χ3n) is 6.49. The number of nitrogens with one attached hydrogen (secondary N) is 1. The summed E-state index contributed by atoms with van der Waals surface area (Å²) < 4.78 is 29.0. The van der Waals surface area contributed by atoms with Gasteiger partial charge in [-0.25, -0.2) is 8.42 Å². The van der Waals surface area contributed by atoms with Gasteiger partial charge >= 0.3 is 0 Å². The highest BCUT2D eigenvalue weighted by atomic mass is 35.5. The van der Waals surface area contributed by atoms with Gasteiger partial charge in [0.15, 0.2) is 0 Å². The summed E-state index contributed by atoms with van der Waals surface area (Å²) in [4.78, 5) is 28.6. The van der Waals surface area contributed by atoms with Crippen molar-refractivity contribution in [3.05, 3.63) is 94.0 Å². The molecule has 0 unspecified atom stereocenters. The van der Waals surface area contributed by atoms with Crippen molar-refractivity contribution in [1.29, 1.82) is 0 Å². The number of amides is 2. The van der Waals surface area contributed by atoms with E-state index in [2.05, 4.69) is 5.32 Å². The third kappa shape index (κ3) is 7.56. The Hall–Kier alpha value is -3.07. The first kappa shape index (κ1) is 31.5. The van der Waals surface area contributed by atoms with Gasteiger partial charge in [-0.1, -0.05) is 86.4 Å². The van der Waals surface area contributed by atoms with E-state index in [1.165, 1.54) is 17.0 Å². The van der Waals surface area contributed by atoms with Crippen LogP contribution in [-0.4, -0.2) is 44.3 Å². The number of anilines is 1. The number of halogens is 2. The second-order valence-electron chi connectivity index (χ2n) is 9.84. The molecule has 0 heterocycles. The molecule has 0 bridgehead atoms. The van der Waals surface area contributed by atoms with E-state index in [-0.39, 0.29) is 23.3 Å². The molecule has 0 aliphatic heterocycles. The SMILES string of the molecule is CCc1ccccc1N(CC(=O)N(Cc1c(Cl)cccc1Cl)[C@H](C)C(=O)NCC(C)C)S(=O)(=O)c1ccccc1. The highest BCUT2D eigenvalue weighted by molar-refractivity contribution is 7.92. The second-order valence-corrected chi connectivity index (χ2v) is 12.5. The van der Waals surface area contributed by atoms with Crippen molar-refractivity contribution in [3.8, 4) is 0 Å². The number of hydrogen-bond donors (Lipinski definition) is 1. The summed E-state index contributed by atoms with van der Waals surface area (Å²) in [6.45, 7) is 7.27. The lowest BCUT2D eigenvalue weighted by molar-refractivity contribution is -0.139. The van der Waals surface area contributed by atoms with Gasteiger partial charge < -0.3 is 10.2 Å². The zero-order chi connectivity index (χ0) is 29.4. The number of benzene rings is 3. The van der Waals surface area contributed by atoms with Crippen LogP contribution in [0.15, 0.2) is 77.7 Å². The molecule has 0 radical (unpaired) electrons. The number of aryl methyl sites for hydroxylation is 1. The van der Waals surface area contributed by atoms with E-state index in [0.29, 0.717) is 34.3 Å². The molecule has 0 aromatic heterocycles. The normalized spacial score (nSPS) is 12.2. The predicted octanol–water partition coefficient (Wildman–Crippen LogP) is 5.94.